The molecular weight excluding hydrogens is 248 g/mol. The highest BCUT2D eigenvalue weighted by Gasteiger charge is 2.34. The van der Waals surface area contributed by atoms with Crippen molar-refractivity contribution < 1.29 is 9.39 Å². The summed E-state index contributed by atoms with van der Waals surface area (Å²) >= 11 is 0. The Morgan fingerprint density at radius 2 is 1.75 bits per heavy atom. The van der Waals surface area contributed by atoms with Crippen molar-refractivity contribution in [2.24, 2.45) is 5.41 Å². The summed E-state index contributed by atoms with van der Waals surface area (Å²) in [5.41, 5.74) is 0.470. The molecule has 112 valence electrons. The van der Waals surface area contributed by atoms with Crippen LogP contribution < -0.4 is 0 Å². The standard InChI is InChI=1S/C15H29B2NO2/c1-14(2,7-10-19-13(11-16)20-17)12-15(3,4)18-8-5-6-9-18/h13H,5-12H2,1-4H3. The summed E-state index contributed by atoms with van der Waals surface area (Å²) in [6.07, 6.45) is 4.59. The van der Waals surface area contributed by atoms with Gasteiger partial charge in [0.1, 0.15) is 6.29 Å². The maximum absolute atomic E-state index is 5.53. The van der Waals surface area contributed by atoms with Gasteiger partial charge in [0.05, 0.1) is 14.5 Å². The molecule has 0 amide bonds. The average molecular weight is 277 g/mol. The summed E-state index contributed by atoms with van der Waals surface area (Å²) in [5, 5.41) is 0. The van der Waals surface area contributed by atoms with Crippen LogP contribution in [-0.4, -0.2) is 52.3 Å². The zero-order chi connectivity index (χ0) is 15.2. The van der Waals surface area contributed by atoms with E-state index in [4.69, 9.17) is 20.6 Å². The molecule has 3 nitrogen and oxygen atoms in total. The predicted molar refractivity (Wildman–Crippen MR) is 85.0 cm³/mol. The Balaban J connectivity index is 2.39. The lowest BCUT2D eigenvalue weighted by atomic mass is 9.77. The summed E-state index contributed by atoms with van der Waals surface area (Å²) < 4.78 is 10.2. The van der Waals surface area contributed by atoms with Crippen LogP contribution in [0.5, 0.6) is 0 Å². The zero-order valence-corrected chi connectivity index (χ0v) is 13.7. The Bertz CT molecular complexity index is 275. The van der Waals surface area contributed by atoms with E-state index in [2.05, 4.69) is 37.2 Å². The molecule has 20 heavy (non-hydrogen) atoms. The van der Waals surface area contributed by atoms with E-state index in [-0.39, 0.29) is 17.3 Å². The first-order valence-corrected chi connectivity index (χ1v) is 7.73. The van der Waals surface area contributed by atoms with Gasteiger partial charge in [-0.25, -0.2) is 0 Å². The van der Waals surface area contributed by atoms with Crippen molar-refractivity contribution in [2.75, 3.05) is 19.7 Å². The Hall–Kier alpha value is 0.00987. The van der Waals surface area contributed by atoms with Crippen molar-refractivity contribution in [2.45, 2.75) is 71.5 Å². The van der Waals surface area contributed by atoms with Crippen LogP contribution in [0.2, 0.25) is 6.32 Å². The number of likely N-dealkylation sites (tertiary alicyclic amines) is 1. The number of hydrogen-bond donors (Lipinski definition) is 0. The molecule has 1 unspecified atom stereocenters. The van der Waals surface area contributed by atoms with Crippen molar-refractivity contribution in [3.8, 4) is 0 Å². The first-order chi connectivity index (χ1) is 9.30. The third kappa shape index (κ3) is 5.79. The molecule has 0 saturated carbocycles. The fraction of sp³-hybridized carbons (Fsp3) is 1.00. The number of ether oxygens (including phenoxy) is 1. The molecule has 0 bridgehead atoms. The van der Waals surface area contributed by atoms with Crippen LogP contribution in [0.3, 0.4) is 0 Å². The highest BCUT2D eigenvalue weighted by atomic mass is 16.7. The van der Waals surface area contributed by atoms with Crippen LogP contribution in [0.1, 0.15) is 53.4 Å². The van der Waals surface area contributed by atoms with Gasteiger partial charge in [-0.1, -0.05) is 13.8 Å². The first kappa shape index (κ1) is 18.1. The quantitative estimate of drug-likeness (QED) is 0.477. The SMILES string of the molecule is [B]CC(O[B])OCCC(C)(C)CC(C)(C)N1CCCC1. The van der Waals surface area contributed by atoms with E-state index in [1.807, 2.05) is 0 Å². The third-order valence-electron chi connectivity index (χ3n) is 4.30. The second-order valence-corrected chi connectivity index (χ2v) is 7.27. The molecule has 1 saturated heterocycles. The van der Waals surface area contributed by atoms with Crippen molar-refractivity contribution in [1.82, 2.24) is 4.90 Å². The van der Waals surface area contributed by atoms with Gasteiger partial charge in [-0.3, -0.25) is 4.90 Å². The van der Waals surface area contributed by atoms with Crippen LogP contribution in [0.15, 0.2) is 0 Å². The van der Waals surface area contributed by atoms with Crippen molar-refractivity contribution in [1.29, 1.82) is 0 Å². The molecule has 1 rings (SSSR count). The maximum Gasteiger partial charge on any atom is 0.286 e. The Morgan fingerprint density at radius 3 is 2.25 bits per heavy atom. The normalized spacial score (nSPS) is 19.4. The van der Waals surface area contributed by atoms with E-state index in [1.54, 1.807) is 0 Å². The summed E-state index contributed by atoms with van der Waals surface area (Å²) in [6.45, 7) is 12.4. The smallest absolute Gasteiger partial charge is 0.286 e. The lowest BCUT2D eigenvalue weighted by Crippen LogP contribution is -2.45. The molecule has 1 atom stereocenters. The molecule has 0 aromatic carbocycles. The van der Waals surface area contributed by atoms with Crippen LogP contribution in [0.25, 0.3) is 0 Å². The largest absolute Gasteiger partial charge is 0.425 e. The van der Waals surface area contributed by atoms with E-state index in [0.29, 0.717) is 6.61 Å². The zero-order valence-electron chi connectivity index (χ0n) is 13.7. The van der Waals surface area contributed by atoms with Crippen molar-refractivity contribution >= 4 is 15.9 Å². The second kappa shape index (κ2) is 7.86. The summed E-state index contributed by atoms with van der Waals surface area (Å²) in [7, 11) is 10.6. The van der Waals surface area contributed by atoms with Gasteiger partial charge in [0.25, 0.3) is 8.05 Å². The van der Waals surface area contributed by atoms with E-state index in [1.165, 1.54) is 25.9 Å². The molecular formula is C15H29B2NO2. The van der Waals surface area contributed by atoms with Gasteiger partial charge < -0.3 is 9.39 Å². The number of rotatable bonds is 9. The fourth-order valence-electron chi connectivity index (χ4n) is 3.32. The van der Waals surface area contributed by atoms with Gasteiger partial charge in [-0.15, -0.1) is 0 Å². The summed E-state index contributed by atoms with van der Waals surface area (Å²) in [6, 6.07) is 0. The van der Waals surface area contributed by atoms with Crippen LogP contribution in [0.4, 0.5) is 0 Å². The van der Waals surface area contributed by atoms with Crippen LogP contribution in [-0.2, 0) is 9.39 Å². The first-order valence-electron chi connectivity index (χ1n) is 7.73. The minimum Gasteiger partial charge on any atom is -0.425 e. The number of nitrogens with zero attached hydrogens (tertiary/aromatic N) is 1. The molecule has 5 heteroatoms. The Morgan fingerprint density at radius 1 is 1.15 bits per heavy atom. The average Bonchev–Trinajstić information content (AvgIpc) is 2.88. The Kier molecular flexibility index (Phi) is 7.10. The lowest BCUT2D eigenvalue weighted by Gasteiger charge is -2.41. The minimum absolute atomic E-state index is 0.222. The molecule has 1 aliphatic heterocycles. The second-order valence-electron chi connectivity index (χ2n) is 7.27. The van der Waals surface area contributed by atoms with E-state index in [0.717, 1.165) is 12.8 Å². The maximum atomic E-state index is 5.53. The van der Waals surface area contributed by atoms with Gasteiger partial charge in [0.15, 0.2) is 0 Å². The molecule has 0 spiro atoms. The molecule has 0 aliphatic carbocycles. The van der Waals surface area contributed by atoms with Crippen molar-refractivity contribution in [3.05, 3.63) is 0 Å². The van der Waals surface area contributed by atoms with E-state index in [9.17, 15) is 0 Å². The van der Waals surface area contributed by atoms with Gasteiger partial charge in [-0.2, -0.15) is 0 Å². The molecule has 1 heterocycles. The number of hydrogen-bond acceptors (Lipinski definition) is 3. The van der Waals surface area contributed by atoms with E-state index >= 15 is 0 Å². The Labute approximate surface area is 127 Å². The van der Waals surface area contributed by atoms with Gasteiger partial charge in [0.2, 0.25) is 0 Å². The molecule has 0 aromatic heterocycles. The third-order valence-corrected chi connectivity index (χ3v) is 4.30. The van der Waals surface area contributed by atoms with E-state index < -0.39 is 6.29 Å². The fourth-order valence-corrected chi connectivity index (χ4v) is 3.32. The topological polar surface area (TPSA) is 21.7 Å². The van der Waals surface area contributed by atoms with Crippen molar-refractivity contribution in [3.63, 3.8) is 0 Å². The molecule has 1 aliphatic rings. The van der Waals surface area contributed by atoms with Gasteiger partial charge >= 0.3 is 0 Å². The monoisotopic (exact) mass is 277 g/mol. The summed E-state index contributed by atoms with van der Waals surface area (Å²) in [5.74, 6) is 0. The predicted octanol–water partition coefficient (Wildman–Crippen LogP) is 2.70. The van der Waals surface area contributed by atoms with Crippen LogP contribution >= 0.6 is 0 Å². The molecule has 0 aromatic rings. The van der Waals surface area contributed by atoms with Crippen LogP contribution in [0, 0.1) is 5.41 Å². The van der Waals surface area contributed by atoms with Gasteiger partial charge in [0, 0.05) is 5.54 Å². The molecule has 1 fully saturated rings. The minimum atomic E-state index is -0.489. The highest BCUT2D eigenvalue weighted by Crippen LogP contribution is 2.36. The highest BCUT2D eigenvalue weighted by molar-refractivity contribution is 6.09. The molecule has 4 radical (unpaired) electrons. The lowest BCUT2D eigenvalue weighted by molar-refractivity contribution is -0.0721. The molecule has 0 N–H and O–H groups in total. The van der Waals surface area contributed by atoms with Gasteiger partial charge in [-0.05, 0) is 64.4 Å². The summed E-state index contributed by atoms with van der Waals surface area (Å²) in [4.78, 5) is 2.61.